The van der Waals surface area contributed by atoms with Crippen molar-refractivity contribution in [1.29, 1.82) is 0 Å². The molecule has 0 spiro atoms. The van der Waals surface area contributed by atoms with Gasteiger partial charge >= 0.3 is 0 Å². The highest BCUT2D eigenvalue weighted by atomic mass is 15.0. The second-order valence-corrected chi connectivity index (χ2v) is 8.29. The van der Waals surface area contributed by atoms with Crippen LogP contribution in [0.5, 0.6) is 0 Å². The number of aryl methyl sites for hydroxylation is 1. The third-order valence-corrected chi connectivity index (χ3v) is 5.80. The van der Waals surface area contributed by atoms with Crippen LogP contribution in [-0.4, -0.2) is 18.4 Å². The number of allylic oxidation sites excluding steroid dienone is 3. The van der Waals surface area contributed by atoms with Gasteiger partial charge in [-0.05, 0) is 55.2 Å². The van der Waals surface area contributed by atoms with Gasteiger partial charge in [-0.1, -0.05) is 97.1 Å². The molecule has 3 aromatic rings. The summed E-state index contributed by atoms with van der Waals surface area (Å²) in [4.78, 5) is 14.2. The SMILES string of the molecule is C=NC(=NC(=NCc1ccccc1)c1cccc2c1C(=C)/C=C(/C)CCC2)c1ccccc1. The molecule has 0 heterocycles. The molecule has 0 aromatic heterocycles. The lowest BCUT2D eigenvalue weighted by Gasteiger charge is -2.19. The van der Waals surface area contributed by atoms with Gasteiger partial charge in [0, 0.05) is 11.1 Å². The van der Waals surface area contributed by atoms with Gasteiger partial charge in [-0.15, -0.1) is 0 Å². The van der Waals surface area contributed by atoms with Crippen molar-refractivity contribution in [3.8, 4) is 0 Å². The first-order chi connectivity index (χ1) is 16.2. The minimum atomic E-state index is 0.532. The van der Waals surface area contributed by atoms with Gasteiger partial charge in [0.2, 0.25) is 0 Å². The van der Waals surface area contributed by atoms with Gasteiger partial charge in [-0.25, -0.2) is 9.98 Å². The maximum Gasteiger partial charge on any atom is 0.161 e. The van der Waals surface area contributed by atoms with Gasteiger partial charge in [0.25, 0.3) is 0 Å². The number of hydrogen-bond donors (Lipinski definition) is 0. The van der Waals surface area contributed by atoms with Gasteiger partial charge < -0.3 is 0 Å². The highest BCUT2D eigenvalue weighted by molar-refractivity contribution is 6.14. The van der Waals surface area contributed by atoms with Crippen LogP contribution in [0, 0.1) is 0 Å². The molecule has 33 heavy (non-hydrogen) atoms. The Bertz CT molecular complexity index is 1230. The number of aliphatic imine (C=N–C) groups is 3. The number of hydrogen-bond acceptors (Lipinski definition) is 1. The molecule has 0 bridgehead atoms. The van der Waals surface area contributed by atoms with E-state index in [0.29, 0.717) is 18.2 Å². The Kier molecular flexibility index (Phi) is 7.21. The summed E-state index contributed by atoms with van der Waals surface area (Å²) in [7, 11) is 0. The van der Waals surface area contributed by atoms with Crippen LogP contribution in [-0.2, 0) is 13.0 Å². The maximum atomic E-state index is 4.97. The quantitative estimate of drug-likeness (QED) is 0.313. The Morgan fingerprint density at radius 3 is 2.30 bits per heavy atom. The molecule has 1 aliphatic rings. The summed E-state index contributed by atoms with van der Waals surface area (Å²) < 4.78 is 0. The zero-order chi connectivity index (χ0) is 23.0. The van der Waals surface area contributed by atoms with Crippen molar-refractivity contribution in [1.82, 2.24) is 0 Å². The lowest BCUT2D eigenvalue weighted by Crippen LogP contribution is -2.10. The fraction of sp³-hybridized carbons (Fsp3) is 0.167. The Labute approximate surface area is 196 Å². The lowest BCUT2D eigenvalue weighted by molar-refractivity contribution is 0.806. The van der Waals surface area contributed by atoms with Crippen molar-refractivity contribution in [3.63, 3.8) is 0 Å². The van der Waals surface area contributed by atoms with Gasteiger partial charge in [0.05, 0.1) is 6.54 Å². The van der Waals surface area contributed by atoms with Crippen molar-refractivity contribution >= 4 is 24.0 Å². The Hall–Kier alpha value is -3.85. The first kappa shape index (κ1) is 22.3. The maximum absolute atomic E-state index is 4.97. The van der Waals surface area contributed by atoms with E-state index in [-0.39, 0.29) is 0 Å². The van der Waals surface area contributed by atoms with Crippen LogP contribution in [0.3, 0.4) is 0 Å². The minimum absolute atomic E-state index is 0.532. The lowest BCUT2D eigenvalue weighted by atomic mass is 9.88. The van der Waals surface area contributed by atoms with E-state index in [0.717, 1.165) is 47.1 Å². The van der Waals surface area contributed by atoms with Crippen molar-refractivity contribution in [2.75, 3.05) is 0 Å². The van der Waals surface area contributed by atoms with E-state index in [4.69, 9.17) is 9.98 Å². The van der Waals surface area contributed by atoms with Crippen LogP contribution >= 0.6 is 0 Å². The normalized spacial score (nSPS) is 16.3. The van der Waals surface area contributed by atoms with Crippen LogP contribution in [0.15, 0.2) is 112 Å². The Morgan fingerprint density at radius 1 is 0.848 bits per heavy atom. The van der Waals surface area contributed by atoms with E-state index in [1.807, 2.05) is 48.5 Å². The predicted octanol–water partition coefficient (Wildman–Crippen LogP) is 7.08. The third-order valence-electron chi connectivity index (χ3n) is 5.80. The third kappa shape index (κ3) is 5.50. The number of nitrogens with zero attached hydrogens (tertiary/aromatic N) is 3. The zero-order valence-electron chi connectivity index (χ0n) is 19.2. The average Bonchev–Trinajstić information content (AvgIpc) is 2.84. The summed E-state index contributed by atoms with van der Waals surface area (Å²) in [5, 5.41) is 0. The molecule has 0 radical (unpaired) electrons. The van der Waals surface area contributed by atoms with Gasteiger partial charge in [-0.2, -0.15) is 0 Å². The number of benzene rings is 3. The summed E-state index contributed by atoms with van der Waals surface area (Å²) in [5.74, 6) is 1.21. The number of fused-ring (bicyclic) bond motifs is 1. The Morgan fingerprint density at radius 2 is 1.58 bits per heavy atom. The molecule has 0 amide bonds. The smallest absolute Gasteiger partial charge is 0.161 e. The van der Waals surface area contributed by atoms with E-state index < -0.39 is 0 Å². The van der Waals surface area contributed by atoms with Crippen molar-refractivity contribution in [2.45, 2.75) is 32.7 Å². The van der Waals surface area contributed by atoms with Crippen molar-refractivity contribution in [2.24, 2.45) is 15.0 Å². The fourth-order valence-electron chi connectivity index (χ4n) is 4.18. The van der Waals surface area contributed by atoms with Gasteiger partial charge in [-0.3, -0.25) is 4.99 Å². The predicted molar refractivity (Wildman–Crippen MR) is 141 cm³/mol. The first-order valence-electron chi connectivity index (χ1n) is 11.3. The molecule has 0 fully saturated rings. The van der Waals surface area contributed by atoms with Crippen LogP contribution < -0.4 is 0 Å². The molecule has 3 nitrogen and oxygen atoms in total. The Balaban J connectivity index is 1.87. The van der Waals surface area contributed by atoms with Gasteiger partial charge in [0.15, 0.2) is 11.7 Å². The summed E-state index contributed by atoms with van der Waals surface area (Å²) in [6.07, 6.45) is 5.42. The van der Waals surface area contributed by atoms with Crippen LogP contribution in [0.2, 0.25) is 0 Å². The van der Waals surface area contributed by atoms with Crippen molar-refractivity contribution in [3.05, 3.63) is 125 Å². The van der Waals surface area contributed by atoms with E-state index in [1.54, 1.807) is 0 Å². The first-order valence-corrected chi connectivity index (χ1v) is 11.3. The second kappa shape index (κ2) is 10.6. The molecule has 164 valence electrons. The van der Waals surface area contributed by atoms with E-state index >= 15 is 0 Å². The number of amidine groups is 2. The minimum Gasteiger partial charge on any atom is -0.261 e. The molecular weight excluding hydrogens is 402 g/mol. The monoisotopic (exact) mass is 431 g/mol. The molecule has 4 rings (SSSR count). The van der Waals surface area contributed by atoms with Crippen molar-refractivity contribution < 1.29 is 0 Å². The molecule has 0 atom stereocenters. The molecule has 3 aromatic carbocycles. The molecular formula is C30H29N3. The zero-order valence-corrected chi connectivity index (χ0v) is 19.2. The molecule has 0 saturated heterocycles. The fourth-order valence-corrected chi connectivity index (χ4v) is 4.18. The summed E-state index contributed by atoms with van der Waals surface area (Å²) in [5.41, 5.74) is 7.80. The summed E-state index contributed by atoms with van der Waals surface area (Å²) >= 11 is 0. The van der Waals surface area contributed by atoms with E-state index in [9.17, 15) is 0 Å². The molecule has 3 heteroatoms. The molecule has 0 saturated carbocycles. The van der Waals surface area contributed by atoms with Gasteiger partial charge in [0.1, 0.15) is 0 Å². The molecule has 1 aliphatic carbocycles. The van der Waals surface area contributed by atoms with E-state index in [1.165, 1.54) is 11.1 Å². The topological polar surface area (TPSA) is 37.1 Å². The van der Waals surface area contributed by atoms with Crippen LogP contribution in [0.4, 0.5) is 0 Å². The molecule has 0 N–H and O–H groups in total. The largest absolute Gasteiger partial charge is 0.261 e. The summed E-state index contributed by atoms with van der Waals surface area (Å²) in [6, 6.07) is 26.5. The number of rotatable bonds is 4. The highest BCUT2D eigenvalue weighted by Gasteiger charge is 2.17. The summed E-state index contributed by atoms with van der Waals surface area (Å²) in [6.45, 7) is 10.9. The van der Waals surface area contributed by atoms with Crippen LogP contribution in [0.25, 0.3) is 5.57 Å². The standard InChI is InChI=1S/C30H29N3/c1-22-12-10-17-25-18-11-19-27(28(25)23(2)20-22)30(32-21-24-13-6-4-7-14-24)33-29(31-3)26-15-8-5-9-16-26/h4-9,11,13-16,18-20H,2-3,10,12,17,21H2,1H3/b22-20-,32-30?,33-29?. The molecule has 0 aliphatic heterocycles. The highest BCUT2D eigenvalue weighted by Crippen LogP contribution is 2.30. The van der Waals surface area contributed by atoms with Crippen LogP contribution in [0.1, 0.15) is 47.6 Å². The molecule has 0 unspecified atom stereocenters. The average molecular weight is 432 g/mol. The van der Waals surface area contributed by atoms with E-state index in [2.05, 4.69) is 61.6 Å². The second-order valence-electron chi connectivity index (χ2n) is 8.29.